The summed E-state index contributed by atoms with van der Waals surface area (Å²) in [6.07, 6.45) is 1.30. The van der Waals surface area contributed by atoms with E-state index in [0.29, 0.717) is 11.6 Å². The number of rotatable bonds is 3. The van der Waals surface area contributed by atoms with Crippen molar-refractivity contribution < 1.29 is 14.0 Å². The number of benzene rings is 1. The van der Waals surface area contributed by atoms with Gasteiger partial charge in [-0.2, -0.15) is 10.1 Å². The van der Waals surface area contributed by atoms with E-state index in [9.17, 15) is 14.0 Å². The maximum atomic E-state index is 13.1. The number of hydrogen-bond acceptors (Lipinski definition) is 4. The molecule has 2 aromatic rings. The summed E-state index contributed by atoms with van der Waals surface area (Å²) in [5.74, 6) is -1.40. The van der Waals surface area contributed by atoms with E-state index in [2.05, 4.69) is 20.7 Å². The van der Waals surface area contributed by atoms with Crippen molar-refractivity contribution in [1.29, 1.82) is 0 Å². The SMILES string of the molecule is O=C(C[C@H]1Cn2ncnc2NC1=O)Nc1ccc(F)c(Cl)c1. The maximum absolute atomic E-state index is 13.1. The molecule has 1 aromatic heterocycles. The van der Waals surface area contributed by atoms with Crippen molar-refractivity contribution in [2.75, 3.05) is 10.6 Å². The Hall–Kier alpha value is -2.48. The molecule has 7 nitrogen and oxygen atoms in total. The van der Waals surface area contributed by atoms with E-state index in [-0.39, 0.29) is 29.8 Å². The van der Waals surface area contributed by atoms with Crippen LogP contribution in [0.5, 0.6) is 0 Å². The lowest BCUT2D eigenvalue weighted by Gasteiger charge is -2.21. The predicted octanol–water partition coefficient (Wildman–Crippen LogP) is 1.67. The Kier molecular flexibility index (Phi) is 3.76. The van der Waals surface area contributed by atoms with Gasteiger partial charge in [0.1, 0.15) is 12.1 Å². The average molecular weight is 324 g/mol. The fraction of sp³-hybridized carbons (Fsp3) is 0.231. The van der Waals surface area contributed by atoms with Crippen molar-refractivity contribution >= 4 is 35.1 Å². The summed E-state index contributed by atoms with van der Waals surface area (Å²) >= 11 is 5.65. The molecule has 1 aromatic carbocycles. The third-order valence-electron chi connectivity index (χ3n) is 3.25. The van der Waals surface area contributed by atoms with Gasteiger partial charge in [-0.15, -0.1) is 0 Å². The molecule has 0 radical (unpaired) electrons. The van der Waals surface area contributed by atoms with Crippen molar-refractivity contribution in [1.82, 2.24) is 14.8 Å². The monoisotopic (exact) mass is 323 g/mol. The first kappa shape index (κ1) is 14.5. The third-order valence-corrected chi connectivity index (χ3v) is 3.54. The van der Waals surface area contributed by atoms with Gasteiger partial charge < -0.3 is 5.32 Å². The quantitative estimate of drug-likeness (QED) is 0.899. The number of nitrogens with zero attached hydrogens (tertiary/aromatic N) is 3. The van der Waals surface area contributed by atoms with Crippen LogP contribution in [0.1, 0.15) is 6.42 Å². The zero-order valence-corrected chi connectivity index (χ0v) is 12.0. The first-order chi connectivity index (χ1) is 10.5. The van der Waals surface area contributed by atoms with Crippen LogP contribution in [0.25, 0.3) is 0 Å². The molecule has 2 heterocycles. The fourth-order valence-electron chi connectivity index (χ4n) is 2.17. The van der Waals surface area contributed by atoms with Gasteiger partial charge in [0.2, 0.25) is 17.8 Å². The highest BCUT2D eigenvalue weighted by atomic mass is 35.5. The topological polar surface area (TPSA) is 88.9 Å². The number of anilines is 2. The third kappa shape index (κ3) is 2.91. The molecule has 2 amide bonds. The molecule has 1 atom stereocenters. The molecule has 114 valence electrons. The molecule has 22 heavy (non-hydrogen) atoms. The van der Waals surface area contributed by atoms with E-state index in [1.165, 1.54) is 23.1 Å². The summed E-state index contributed by atoms with van der Waals surface area (Å²) < 4.78 is 14.6. The van der Waals surface area contributed by atoms with Crippen LogP contribution in [0.4, 0.5) is 16.0 Å². The van der Waals surface area contributed by atoms with Gasteiger partial charge in [-0.25, -0.2) is 9.07 Å². The molecular formula is C13H11ClFN5O2. The zero-order valence-electron chi connectivity index (χ0n) is 11.2. The average Bonchev–Trinajstić information content (AvgIpc) is 2.90. The summed E-state index contributed by atoms with van der Waals surface area (Å²) in [5.41, 5.74) is 0.370. The Morgan fingerprint density at radius 1 is 1.55 bits per heavy atom. The van der Waals surface area contributed by atoms with Gasteiger partial charge in [0.25, 0.3) is 0 Å². The van der Waals surface area contributed by atoms with Gasteiger partial charge in [-0.1, -0.05) is 11.6 Å². The molecule has 0 spiro atoms. The lowest BCUT2D eigenvalue weighted by molar-refractivity contribution is -0.125. The number of carbonyl (C=O) groups excluding carboxylic acids is 2. The predicted molar refractivity (Wildman–Crippen MR) is 76.8 cm³/mol. The normalized spacial score (nSPS) is 16.8. The number of carbonyl (C=O) groups is 2. The van der Waals surface area contributed by atoms with E-state index in [4.69, 9.17) is 11.6 Å². The molecule has 1 aliphatic rings. The fourth-order valence-corrected chi connectivity index (χ4v) is 2.35. The standard InChI is InChI=1S/C13H11ClFN5O2/c14-9-4-8(1-2-10(9)15)18-11(21)3-7-5-20-13(16-6-17-20)19-12(7)22/h1-2,4,6-7H,3,5H2,(H,18,21)(H,16,17,19,22)/t7-/m0/s1. The Bertz CT molecular complexity index is 748. The van der Waals surface area contributed by atoms with Crippen molar-refractivity contribution in [2.45, 2.75) is 13.0 Å². The molecule has 1 aliphatic heterocycles. The number of hydrogen-bond donors (Lipinski definition) is 2. The van der Waals surface area contributed by atoms with Gasteiger partial charge in [-0.05, 0) is 18.2 Å². The van der Waals surface area contributed by atoms with Crippen molar-refractivity contribution in [3.63, 3.8) is 0 Å². The lowest BCUT2D eigenvalue weighted by Crippen LogP contribution is -2.36. The van der Waals surface area contributed by atoms with Gasteiger partial charge in [0, 0.05) is 12.1 Å². The highest BCUT2D eigenvalue weighted by molar-refractivity contribution is 6.31. The number of nitrogens with one attached hydrogen (secondary N) is 2. The molecule has 0 aliphatic carbocycles. The minimum Gasteiger partial charge on any atom is -0.326 e. The molecule has 9 heteroatoms. The first-order valence-electron chi connectivity index (χ1n) is 6.46. The second-order valence-corrected chi connectivity index (χ2v) is 5.24. The summed E-state index contributed by atoms with van der Waals surface area (Å²) in [6.45, 7) is 0.277. The van der Waals surface area contributed by atoms with E-state index in [1.54, 1.807) is 0 Å². The molecule has 2 N–H and O–H groups in total. The van der Waals surface area contributed by atoms with Crippen LogP contribution in [-0.4, -0.2) is 26.6 Å². The number of aromatic nitrogens is 3. The minimum absolute atomic E-state index is 0.0276. The van der Waals surface area contributed by atoms with Gasteiger partial charge in [0.15, 0.2) is 0 Å². The van der Waals surface area contributed by atoms with Crippen LogP contribution in [0, 0.1) is 11.7 Å². The van der Waals surface area contributed by atoms with Crippen molar-refractivity contribution in [2.24, 2.45) is 5.92 Å². The maximum Gasteiger partial charge on any atom is 0.232 e. The molecule has 0 fully saturated rings. The molecular weight excluding hydrogens is 313 g/mol. The van der Waals surface area contributed by atoms with E-state index >= 15 is 0 Å². The van der Waals surface area contributed by atoms with Crippen LogP contribution >= 0.6 is 11.6 Å². The second kappa shape index (κ2) is 5.72. The highest BCUT2D eigenvalue weighted by Gasteiger charge is 2.29. The highest BCUT2D eigenvalue weighted by Crippen LogP contribution is 2.21. The van der Waals surface area contributed by atoms with Crippen LogP contribution in [-0.2, 0) is 16.1 Å². The molecule has 3 rings (SSSR count). The Balaban J connectivity index is 1.64. The Labute approximate surface area is 129 Å². The van der Waals surface area contributed by atoms with Crippen LogP contribution < -0.4 is 10.6 Å². The molecule has 0 unspecified atom stereocenters. The Morgan fingerprint density at radius 2 is 2.36 bits per heavy atom. The summed E-state index contributed by atoms with van der Waals surface area (Å²) in [4.78, 5) is 27.8. The van der Waals surface area contributed by atoms with E-state index in [0.717, 1.165) is 6.07 Å². The van der Waals surface area contributed by atoms with Crippen LogP contribution in [0.3, 0.4) is 0 Å². The number of fused-ring (bicyclic) bond motifs is 1. The second-order valence-electron chi connectivity index (χ2n) is 4.83. The van der Waals surface area contributed by atoms with E-state index < -0.39 is 11.7 Å². The molecule has 0 saturated carbocycles. The van der Waals surface area contributed by atoms with Gasteiger partial charge >= 0.3 is 0 Å². The minimum atomic E-state index is -0.565. The van der Waals surface area contributed by atoms with Crippen LogP contribution in [0.2, 0.25) is 5.02 Å². The van der Waals surface area contributed by atoms with Gasteiger partial charge in [0.05, 0.1) is 17.5 Å². The lowest BCUT2D eigenvalue weighted by atomic mass is 10.0. The Morgan fingerprint density at radius 3 is 3.14 bits per heavy atom. The number of amides is 2. The zero-order chi connectivity index (χ0) is 15.7. The molecule has 0 bridgehead atoms. The summed E-state index contributed by atoms with van der Waals surface area (Å²) in [7, 11) is 0. The van der Waals surface area contributed by atoms with E-state index in [1.807, 2.05) is 0 Å². The van der Waals surface area contributed by atoms with Crippen LogP contribution in [0.15, 0.2) is 24.5 Å². The van der Waals surface area contributed by atoms with Gasteiger partial charge in [-0.3, -0.25) is 14.9 Å². The van der Waals surface area contributed by atoms with Crippen molar-refractivity contribution in [3.05, 3.63) is 35.4 Å². The number of halogens is 2. The summed E-state index contributed by atoms with van der Waals surface area (Å²) in [6, 6.07) is 3.87. The largest absolute Gasteiger partial charge is 0.326 e. The first-order valence-corrected chi connectivity index (χ1v) is 6.84. The molecule has 0 saturated heterocycles. The smallest absolute Gasteiger partial charge is 0.232 e. The van der Waals surface area contributed by atoms with Crippen molar-refractivity contribution in [3.8, 4) is 0 Å². The summed E-state index contributed by atoms with van der Waals surface area (Å²) in [5, 5.41) is 9.03.